The van der Waals surface area contributed by atoms with Gasteiger partial charge in [-0.2, -0.15) is 0 Å². The second-order valence-corrected chi connectivity index (χ2v) is 6.31. The molecule has 1 unspecified atom stereocenters. The number of halogens is 3. The minimum Gasteiger partial charge on any atom is -0.330 e. The molecule has 2 N–H and O–H groups in total. The van der Waals surface area contributed by atoms with Crippen LogP contribution in [0.4, 0.5) is 8.78 Å². The molecule has 3 atom stereocenters. The Balaban J connectivity index is 0.00000208. The van der Waals surface area contributed by atoms with Crippen molar-refractivity contribution in [2.24, 2.45) is 11.7 Å². The van der Waals surface area contributed by atoms with Crippen LogP contribution in [0.15, 0.2) is 48.5 Å². The third kappa shape index (κ3) is 3.77. The third-order valence-electron chi connectivity index (χ3n) is 4.96. The third-order valence-corrected chi connectivity index (χ3v) is 4.96. The summed E-state index contributed by atoms with van der Waals surface area (Å²) >= 11 is 0. The molecule has 2 nitrogen and oxygen atoms in total. The quantitative estimate of drug-likeness (QED) is 0.896. The van der Waals surface area contributed by atoms with Gasteiger partial charge in [0.05, 0.1) is 0 Å². The summed E-state index contributed by atoms with van der Waals surface area (Å²) in [6.07, 6.45) is 0. The number of benzene rings is 2. The Kier molecular flexibility index (Phi) is 6.33. The smallest absolute Gasteiger partial charge is 0.130 e. The van der Waals surface area contributed by atoms with Crippen molar-refractivity contribution in [1.29, 1.82) is 0 Å². The van der Waals surface area contributed by atoms with Crippen molar-refractivity contribution in [1.82, 2.24) is 4.90 Å². The Bertz CT molecular complexity index is 666. The Morgan fingerprint density at radius 1 is 1.12 bits per heavy atom. The van der Waals surface area contributed by atoms with Crippen LogP contribution in [0.2, 0.25) is 0 Å². The number of nitrogens with zero attached hydrogens (tertiary/aromatic N) is 1. The van der Waals surface area contributed by atoms with E-state index in [2.05, 4.69) is 17.0 Å². The highest BCUT2D eigenvalue weighted by molar-refractivity contribution is 5.85. The molecule has 3 rings (SSSR count). The molecule has 2 aromatic rings. The van der Waals surface area contributed by atoms with Gasteiger partial charge in [0.25, 0.3) is 0 Å². The molecule has 130 valence electrons. The fourth-order valence-corrected chi connectivity index (χ4v) is 3.57. The average Bonchev–Trinajstić information content (AvgIpc) is 2.99. The molecule has 0 radical (unpaired) electrons. The van der Waals surface area contributed by atoms with E-state index in [4.69, 9.17) is 5.73 Å². The lowest BCUT2D eigenvalue weighted by molar-refractivity contribution is 0.247. The summed E-state index contributed by atoms with van der Waals surface area (Å²) in [4.78, 5) is 2.24. The van der Waals surface area contributed by atoms with Crippen LogP contribution in [0, 0.1) is 17.6 Å². The Morgan fingerprint density at radius 3 is 2.46 bits per heavy atom. The van der Waals surface area contributed by atoms with E-state index in [1.54, 1.807) is 6.07 Å². The van der Waals surface area contributed by atoms with Crippen LogP contribution in [0.1, 0.15) is 30.0 Å². The van der Waals surface area contributed by atoms with E-state index in [9.17, 15) is 8.78 Å². The zero-order valence-electron chi connectivity index (χ0n) is 13.7. The highest BCUT2D eigenvalue weighted by atomic mass is 35.5. The van der Waals surface area contributed by atoms with Gasteiger partial charge in [-0.25, -0.2) is 8.78 Å². The molecule has 0 bridgehead atoms. The maximum atomic E-state index is 14.1. The monoisotopic (exact) mass is 352 g/mol. The lowest BCUT2D eigenvalue weighted by Crippen LogP contribution is -2.26. The van der Waals surface area contributed by atoms with Crippen LogP contribution < -0.4 is 5.73 Å². The van der Waals surface area contributed by atoms with Gasteiger partial charge in [0.2, 0.25) is 0 Å². The topological polar surface area (TPSA) is 29.3 Å². The molecule has 1 heterocycles. The van der Waals surface area contributed by atoms with Crippen molar-refractivity contribution in [3.8, 4) is 0 Å². The summed E-state index contributed by atoms with van der Waals surface area (Å²) < 4.78 is 27.2. The van der Waals surface area contributed by atoms with Crippen LogP contribution in [0.25, 0.3) is 0 Å². The van der Waals surface area contributed by atoms with Crippen molar-refractivity contribution in [3.05, 3.63) is 71.3 Å². The van der Waals surface area contributed by atoms with E-state index in [0.717, 1.165) is 19.2 Å². The van der Waals surface area contributed by atoms with Gasteiger partial charge in [-0.15, -0.1) is 12.4 Å². The fourth-order valence-electron chi connectivity index (χ4n) is 3.57. The molecular formula is C19H23ClF2N2. The lowest BCUT2D eigenvalue weighted by Gasteiger charge is -2.25. The number of nitrogens with two attached hydrogens (primary N) is 1. The molecule has 1 aliphatic heterocycles. The number of hydrogen-bond acceptors (Lipinski definition) is 2. The predicted molar refractivity (Wildman–Crippen MR) is 95.3 cm³/mol. The van der Waals surface area contributed by atoms with Gasteiger partial charge in [-0.1, -0.05) is 36.4 Å². The van der Waals surface area contributed by atoms with Crippen LogP contribution in [-0.4, -0.2) is 24.5 Å². The second kappa shape index (κ2) is 8.06. The molecule has 1 fully saturated rings. The zero-order chi connectivity index (χ0) is 16.4. The van der Waals surface area contributed by atoms with Crippen LogP contribution in [-0.2, 0) is 0 Å². The van der Waals surface area contributed by atoms with E-state index in [1.807, 2.05) is 25.1 Å². The minimum absolute atomic E-state index is 0. The zero-order valence-corrected chi connectivity index (χ0v) is 14.5. The van der Waals surface area contributed by atoms with Crippen molar-refractivity contribution in [3.63, 3.8) is 0 Å². The minimum atomic E-state index is -0.540. The Labute approximate surface area is 148 Å². The van der Waals surface area contributed by atoms with Crippen LogP contribution in [0.5, 0.6) is 0 Å². The first-order valence-electron chi connectivity index (χ1n) is 8.04. The normalized spacial score (nSPS) is 22.2. The molecule has 2 aromatic carbocycles. The number of likely N-dealkylation sites (tertiary alicyclic amines) is 1. The summed E-state index contributed by atoms with van der Waals surface area (Å²) in [7, 11) is 0. The van der Waals surface area contributed by atoms with Gasteiger partial charge < -0.3 is 5.73 Å². The second-order valence-electron chi connectivity index (χ2n) is 6.31. The first-order chi connectivity index (χ1) is 11.1. The molecule has 1 aliphatic rings. The van der Waals surface area contributed by atoms with E-state index < -0.39 is 11.6 Å². The van der Waals surface area contributed by atoms with E-state index in [-0.39, 0.29) is 18.4 Å². The summed E-state index contributed by atoms with van der Waals surface area (Å²) in [6.45, 7) is 4.24. The van der Waals surface area contributed by atoms with E-state index in [0.29, 0.717) is 23.9 Å². The molecular weight excluding hydrogens is 330 g/mol. The largest absolute Gasteiger partial charge is 0.330 e. The number of rotatable bonds is 4. The highest BCUT2D eigenvalue weighted by Gasteiger charge is 2.35. The average molecular weight is 353 g/mol. The first kappa shape index (κ1) is 18.8. The molecule has 5 heteroatoms. The van der Waals surface area contributed by atoms with Gasteiger partial charge >= 0.3 is 0 Å². The predicted octanol–water partition coefficient (Wildman–Crippen LogP) is 4.12. The molecule has 1 saturated heterocycles. The Hall–Kier alpha value is -1.49. The Morgan fingerprint density at radius 2 is 1.83 bits per heavy atom. The molecule has 24 heavy (non-hydrogen) atoms. The number of hydrogen-bond donors (Lipinski definition) is 1. The molecule has 0 spiro atoms. The standard InChI is InChI=1S/C19H22F2N2.ClH/c1-13(17-8-7-16(20)9-19(17)21)23-11-15(10-22)18(12-23)14-5-3-2-4-6-14;/h2-9,13,15,18H,10-12,22H2,1H3;1H/t13?,15-,18+;/m1./s1. The molecule has 0 aromatic heterocycles. The first-order valence-corrected chi connectivity index (χ1v) is 8.04. The van der Waals surface area contributed by atoms with Crippen LogP contribution >= 0.6 is 12.4 Å². The molecule has 0 amide bonds. The summed E-state index contributed by atoms with van der Waals surface area (Å²) in [5.74, 6) is -0.317. The maximum absolute atomic E-state index is 14.1. The van der Waals surface area contributed by atoms with Gasteiger partial charge in [0, 0.05) is 36.7 Å². The lowest BCUT2D eigenvalue weighted by atomic mass is 9.89. The molecule has 0 saturated carbocycles. The molecule has 0 aliphatic carbocycles. The maximum Gasteiger partial charge on any atom is 0.130 e. The van der Waals surface area contributed by atoms with E-state index in [1.165, 1.54) is 11.6 Å². The summed E-state index contributed by atoms with van der Waals surface area (Å²) in [5, 5.41) is 0. The van der Waals surface area contributed by atoms with Gasteiger partial charge in [0.1, 0.15) is 11.6 Å². The van der Waals surface area contributed by atoms with Crippen molar-refractivity contribution < 1.29 is 8.78 Å². The van der Waals surface area contributed by atoms with Crippen molar-refractivity contribution in [2.75, 3.05) is 19.6 Å². The van der Waals surface area contributed by atoms with E-state index >= 15 is 0 Å². The summed E-state index contributed by atoms with van der Waals surface area (Å²) in [6, 6.07) is 14.0. The SMILES string of the molecule is CC(c1ccc(F)cc1F)N1C[C@@H](CN)[C@H](c2ccccc2)C1.Cl. The van der Waals surface area contributed by atoms with Crippen LogP contribution in [0.3, 0.4) is 0 Å². The van der Waals surface area contributed by atoms with Gasteiger partial charge in [-0.05, 0) is 31.0 Å². The fraction of sp³-hybridized carbons (Fsp3) is 0.368. The van der Waals surface area contributed by atoms with Gasteiger partial charge in [-0.3, -0.25) is 4.90 Å². The van der Waals surface area contributed by atoms with Crippen molar-refractivity contribution in [2.45, 2.75) is 18.9 Å². The summed E-state index contributed by atoms with van der Waals surface area (Å²) in [5.41, 5.74) is 7.78. The van der Waals surface area contributed by atoms with Gasteiger partial charge in [0.15, 0.2) is 0 Å². The van der Waals surface area contributed by atoms with Crippen molar-refractivity contribution >= 4 is 12.4 Å². The highest BCUT2D eigenvalue weighted by Crippen LogP contribution is 2.37.